The zero-order valence-electron chi connectivity index (χ0n) is 11.5. The topological polar surface area (TPSA) is 55.8 Å². The molecule has 2 rings (SSSR count). The lowest BCUT2D eigenvalue weighted by Crippen LogP contribution is -2.02. The van der Waals surface area contributed by atoms with Gasteiger partial charge in [0.25, 0.3) is 0 Å². The minimum atomic E-state index is -0.968. The molecule has 0 fully saturated rings. The van der Waals surface area contributed by atoms with Gasteiger partial charge in [-0.15, -0.1) is 0 Å². The lowest BCUT2D eigenvalue weighted by molar-refractivity contribution is 0.0696. The van der Waals surface area contributed by atoms with Gasteiger partial charge in [0.2, 0.25) is 0 Å². The molecule has 0 aliphatic carbocycles. The second-order valence-corrected chi connectivity index (χ2v) is 5.27. The number of aromatic carboxylic acids is 1. The fraction of sp³-hybridized carbons (Fsp3) is 0.188. The fourth-order valence-corrected chi connectivity index (χ4v) is 2.31. The van der Waals surface area contributed by atoms with Gasteiger partial charge in [0.15, 0.2) is 0 Å². The minimum Gasteiger partial charge on any atom is -0.496 e. The van der Waals surface area contributed by atoms with Gasteiger partial charge in [-0.1, -0.05) is 34.1 Å². The molecule has 0 aliphatic rings. The van der Waals surface area contributed by atoms with Crippen molar-refractivity contribution in [2.24, 2.45) is 0 Å². The number of halogens is 1. The van der Waals surface area contributed by atoms with E-state index in [-0.39, 0.29) is 12.2 Å². The van der Waals surface area contributed by atoms with E-state index < -0.39 is 5.97 Å². The van der Waals surface area contributed by atoms with E-state index in [1.54, 1.807) is 19.2 Å². The molecule has 0 unspecified atom stereocenters. The third-order valence-corrected chi connectivity index (χ3v) is 3.77. The van der Waals surface area contributed by atoms with E-state index in [0.717, 1.165) is 10.0 Å². The predicted molar refractivity (Wildman–Crippen MR) is 82.6 cm³/mol. The molecule has 0 aliphatic heterocycles. The molecule has 1 N–H and O–H groups in total. The smallest absolute Gasteiger partial charge is 0.335 e. The van der Waals surface area contributed by atoms with Crippen LogP contribution in [0.5, 0.6) is 5.75 Å². The SMILES string of the molecule is COc1ccc(C(=O)O)cc1COCc1ccccc1Br. The van der Waals surface area contributed by atoms with E-state index in [0.29, 0.717) is 17.9 Å². The number of hydrogen-bond acceptors (Lipinski definition) is 3. The number of hydrogen-bond donors (Lipinski definition) is 1. The summed E-state index contributed by atoms with van der Waals surface area (Å²) in [4.78, 5) is 11.0. The number of carbonyl (C=O) groups is 1. The number of carboxylic acids is 1. The van der Waals surface area contributed by atoms with Crippen LogP contribution in [0.25, 0.3) is 0 Å². The maximum absolute atomic E-state index is 11.0. The molecule has 0 radical (unpaired) electrons. The molecule has 0 bridgehead atoms. The lowest BCUT2D eigenvalue weighted by Gasteiger charge is -2.11. The van der Waals surface area contributed by atoms with Crippen molar-refractivity contribution >= 4 is 21.9 Å². The number of carboxylic acid groups (broad SMARTS) is 1. The first-order valence-corrected chi connectivity index (χ1v) is 7.12. The highest BCUT2D eigenvalue weighted by molar-refractivity contribution is 9.10. The summed E-state index contributed by atoms with van der Waals surface area (Å²) in [6.45, 7) is 0.716. The Morgan fingerprint density at radius 2 is 1.86 bits per heavy atom. The quantitative estimate of drug-likeness (QED) is 0.858. The predicted octanol–water partition coefficient (Wildman–Crippen LogP) is 3.87. The van der Waals surface area contributed by atoms with Crippen molar-refractivity contribution in [1.29, 1.82) is 0 Å². The van der Waals surface area contributed by atoms with Crippen molar-refractivity contribution in [1.82, 2.24) is 0 Å². The van der Waals surface area contributed by atoms with Crippen molar-refractivity contribution in [3.63, 3.8) is 0 Å². The third kappa shape index (κ3) is 4.06. The maximum atomic E-state index is 11.0. The van der Waals surface area contributed by atoms with Gasteiger partial charge in [0.1, 0.15) is 5.75 Å². The van der Waals surface area contributed by atoms with E-state index in [1.165, 1.54) is 6.07 Å². The first-order valence-electron chi connectivity index (χ1n) is 6.33. The van der Waals surface area contributed by atoms with Crippen molar-refractivity contribution in [2.75, 3.05) is 7.11 Å². The molecule has 5 heteroatoms. The first kappa shape index (κ1) is 15.5. The Morgan fingerprint density at radius 3 is 2.52 bits per heavy atom. The molecule has 0 spiro atoms. The molecule has 4 nitrogen and oxygen atoms in total. The standard InChI is InChI=1S/C16H15BrO4/c1-20-15-7-6-11(16(18)19)8-13(15)10-21-9-12-4-2-3-5-14(12)17/h2-8H,9-10H2,1H3,(H,18,19). The number of benzene rings is 2. The van der Waals surface area contributed by atoms with E-state index in [9.17, 15) is 4.79 Å². The number of methoxy groups -OCH3 is 1. The van der Waals surface area contributed by atoms with Crippen LogP contribution in [0.2, 0.25) is 0 Å². The summed E-state index contributed by atoms with van der Waals surface area (Å²) in [7, 11) is 1.55. The zero-order valence-corrected chi connectivity index (χ0v) is 13.1. The van der Waals surface area contributed by atoms with Crippen LogP contribution in [0, 0.1) is 0 Å². The van der Waals surface area contributed by atoms with Gasteiger partial charge < -0.3 is 14.6 Å². The Morgan fingerprint density at radius 1 is 1.14 bits per heavy atom. The van der Waals surface area contributed by atoms with Crippen LogP contribution in [-0.4, -0.2) is 18.2 Å². The summed E-state index contributed by atoms with van der Waals surface area (Å²) in [6, 6.07) is 12.5. The normalized spacial score (nSPS) is 10.4. The molecule has 2 aromatic carbocycles. The Hall–Kier alpha value is -1.85. The maximum Gasteiger partial charge on any atom is 0.335 e. The van der Waals surface area contributed by atoms with Crippen LogP contribution in [0.1, 0.15) is 21.5 Å². The van der Waals surface area contributed by atoms with Crippen molar-refractivity contribution in [3.8, 4) is 5.75 Å². The van der Waals surface area contributed by atoms with Crippen molar-refractivity contribution < 1.29 is 19.4 Å². The van der Waals surface area contributed by atoms with E-state index in [2.05, 4.69) is 15.9 Å². The number of rotatable bonds is 6. The molecular weight excluding hydrogens is 336 g/mol. The van der Waals surface area contributed by atoms with Crippen LogP contribution in [0.4, 0.5) is 0 Å². The van der Waals surface area contributed by atoms with Gasteiger partial charge in [-0.05, 0) is 29.8 Å². The summed E-state index contributed by atoms with van der Waals surface area (Å²) in [5.74, 6) is -0.350. The Bertz CT molecular complexity index is 640. The van der Waals surface area contributed by atoms with Crippen LogP contribution in [0.15, 0.2) is 46.9 Å². The van der Waals surface area contributed by atoms with Crippen molar-refractivity contribution in [2.45, 2.75) is 13.2 Å². The van der Waals surface area contributed by atoms with E-state index in [1.807, 2.05) is 24.3 Å². The third-order valence-electron chi connectivity index (χ3n) is 3.00. The molecule has 0 heterocycles. The zero-order chi connectivity index (χ0) is 15.2. The summed E-state index contributed by atoms with van der Waals surface area (Å²) in [5, 5.41) is 9.02. The Labute approximate surface area is 131 Å². The van der Waals surface area contributed by atoms with Gasteiger partial charge in [0.05, 0.1) is 25.9 Å². The second kappa shape index (κ2) is 7.24. The lowest BCUT2D eigenvalue weighted by atomic mass is 10.1. The average molecular weight is 351 g/mol. The molecule has 0 saturated carbocycles. The molecule has 110 valence electrons. The van der Waals surface area contributed by atoms with Gasteiger partial charge in [-0.25, -0.2) is 4.79 Å². The summed E-state index contributed by atoms with van der Waals surface area (Å²) in [6.07, 6.45) is 0. The molecule has 0 atom stereocenters. The van der Waals surface area contributed by atoms with Crippen LogP contribution in [0.3, 0.4) is 0 Å². The molecule has 0 aromatic heterocycles. The van der Waals surface area contributed by atoms with Gasteiger partial charge in [0, 0.05) is 10.0 Å². The molecule has 21 heavy (non-hydrogen) atoms. The van der Waals surface area contributed by atoms with Crippen LogP contribution in [-0.2, 0) is 18.0 Å². The van der Waals surface area contributed by atoms with Gasteiger partial charge in [-0.2, -0.15) is 0 Å². The first-order chi connectivity index (χ1) is 10.1. The average Bonchev–Trinajstić information content (AvgIpc) is 2.49. The number of ether oxygens (including phenoxy) is 2. The molecule has 2 aromatic rings. The second-order valence-electron chi connectivity index (χ2n) is 4.42. The van der Waals surface area contributed by atoms with Gasteiger partial charge in [-0.3, -0.25) is 0 Å². The highest BCUT2D eigenvalue weighted by Gasteiger charge is 2.09. The highest BCUT2D eigenvalue weighted by atomic mass is 79.9. The van der Waals surface area contributed by atoms with Crippen LogP contribution >= 0.6 is 15.9 Å². The largest absolute Gasteiger partial charge is 0.496 e. The summed E-state index contributed by atoms with van der Waals surface area (Å²) >= 11 is 3.46. The van der Waals surface area contributed by atoms with E-state index in [4.69, 9.17) is 14.6 Å². The van der Waals surface area contributed by atoms with Crippen LogP contribution < -0.4 is 4.74 Å². The van der Waals surface area contributed by atoms with Gasteiger partial charge >= 0.3 is 5.97 Å². The molecular formula is C16H15BrO4. The fourth-order valence-electron chi connectivity index (χ4n) is 1.91. The molecule has 0 saturated heterocycles. The molecule has 0 amide bonds. The monoisotopic (exact) mass is 350 g/mol. The highest BCUT2D eigenvalue weighted by Crippen LogP contribution is 2.22. The Kier molecular flexibility index (Phi) is 5.36. The minimum absolute atomic E-state index is 0.218. The van der Waals surface area contributed by atoms with E-state index >= 15 is 0 Å². The summed E-state index contributed by atoms with van der Waals surface area (Å²) < 4.78 is 11.9. The summed E-state index contributed by atoms with van der Waals surface area (Å²) in [5.41, 5.74) is 1.96. The Balaban J connectivity index is 2.07. The van der Waals surface area contributed by atoms with Crippen molar-refractivity contribution in [3.05, 3.63) is 63.6 Å².